The molecule has 0 aliphatic rings. The molecule has 0 fully saturated rings. The van der Waals surface area contributed by atoms with Crippen LogP contribution in [0.5, 0.6) is 5.75 Å². The third-order valence-corrected chi connectivity index (χ3v) is 2.49. The van der Waals surface area contributed by atoms with Gasteiger partial charge in [0.25, 0.3) is 0 Å². The highest BCUT2D eigenvalue weighted by Gasteiger charge is 2.10. The average molecular weight is 232 g/mol. The molecule has 1 aromatic heterocycles. The Labute approximate surface area is 97.5 Å². The Bertz CT molecular complexity index is 652. The third-order valence-electron chi connectivity index (χ3n) is 2.49. The summed E-state index contributed by atoms with van der Waals surface area (Å²) >= 11 is 0. The van der Waals surface area contributed by atoms with E-state index in [1.165, 1.54) is 25.1 Å². The minimum Gasteiger partial charge on any atom is -0.508 e. The summed E-state index contributed by atoms with van der Waals surface area (Å²) in [4.78, 5) is 22.8. The number of Topliss-reactive ketones (excluding diaryl/α,β-unsaturated/α-hetero) is 1. The van der Waals surface area contributed by atoms with E-state index in [2.05, 4.69) is 0 Å². The molecule has 0 unspecified atom stereocenters. The Kier molecular flexibility index (Phi) is 2.71. The van der Waals surface area contributed by atoms with Gasteiger partial charge in [-0.2, -0.15) is 0 Å². The minimum atomic E-state index is -0.173. The molecule has 0 aliphatic carbocycles. The van der Waals surface area contributed by atoms with E-state index in [-0.39, 0.29) is 23.4 Å². The van der Waals surface area contributed by atoms with Crippen LogP contribution in [0.4, 0.5) is 0 Å². The van der Waals surface area contributed by atoms with Gasteiger partial charge in [-0.1, -0.05) is 0 Å². The number of hydrogen-bond acceptors (Lipinski definition) is 4. The zero-order chi connectivity index (χ0) is 12.6. The number of phenolic OH excluding ortho intramolecular Hbond substituents is 1. The number of carbonyl (C=O) groups is 1. The second kappa shape index (κ2) is 4.05. The van der Waals surface area contributed by atoms with Crippen molar-refractivity contribution in [2.45, 2.75) is 20.3 Å². The van der Waals surface area contributed by atoms with E-state index in [0.29, 0.717) is 22.3 Å². The summed E-state index contributed by atoms with van der Waals surface area (Å²) in [5, 5.41) is 10.1. The Morgan fingerprint density at radius 2 is 2.06 bits per heavy atom. The summed E-state index contributed by atoms with van der Waals surface area (Å²) in [6, 6.07) is 4.27. The highest BCUT2D eigenvalue weighted by Crippen LogP contribution is 2.24. The quantitative estimate of drug-likeness (QED) is 0.859. The summed E-state index contributed by atoms with van der Waals surface area (Å²) in [5.74, 6) is 0.388. The fourth-order valence-corrected chi connectivity index (χ4v) is 1.77. The zero-order valence-electron chi connectivity index (χ0n) is 9.61. The van der Waals surface area contributed by atoms with Crippen LogP contribution in [0, 0.1) is 6.92 Å². The van der Waals surface area contributed by atoms with Gasteiger partial charge in [0.1, 0.15) is 22.9 Å². The summed E-state index contributed by atoms with van der Waals surface area (Å²) in [6.45, 7) is 3.10. The molecule has 0 radical (unpaired) electrons. The molecule has 1 N–H and O–H groups in total. The molecule has 2 rings (SSSR count). The van der Waals surface area contributed by atoms with Gasteiger partial charge in [-0.25, -0.2) is 0 Å². The van der Waals surface area contributed by atoms with E-state index in [1.54, 1.807) is 6.92 Å². The predicted molar refractivity (Wildman–Crippen MR) is 63.3 cm³/mol. The lowest BCUT2D eigenvalue weighted by atomic mass is 10.1. The van der Waals surface area contributed by atoms with E-state index in [0.717, 1.165) is 0 Å². The Morgan fingerprint density at radius 1 is 1.35 bits per heavy atom. The molecule has 2 aromatic rings. The number of carbonyl (C=O) groups excluding carboxylic acids is 1. The zero-order valence-corrected chi connectivity index (χ0v) is 9.61. The number of aromatic hydroxyl groups is 1. The Hall–Kier alpha value is -2.10. The molecule has 1 heterocycles. The average Bonchev–Trinajstić information content (AvgIpc) is 2.19. The van der Waals surface area contributed by atoms with Gasteiger partial charge in [0, 0.05) is 24.1 Å². The predicted octanol–water partition coefficient (Wildman–Crippen LogP) is 1.94. The summed E-state index contributed by atoms with van der Waals surface area (Å²) in [5.41, 5.74) is 0.606. The number of aryl methyl sites for hydroxylation is 1. The number of benzene rings is 1. The van der Waals surface area contributed by atoms with Crippen molar-refractivity contribution in [3.8, 4) is 5.75 Å². The van der Waals surface area contributed by atoms with E-state index in [1.807, 2.05) is 0 Å². The number of hydrogen-bond donors (Lipinski definition) is 1. The maximum absolute atomic E-state index is 11.7. The molecule has 0 spiro atoms. The maximum Gasteiger partial charge on any atom is 0.192 e. The van der Waals surface area contributed by atoms with Crippen molar-refractivity contribution in [2.75, 3.05) is 0 Å². The number of rotatable bonds is 2. The van der Waals surface area contributed by atoms with Crippen molar-refractivity contribution in [3.05, 3.63) is 39.7 Å². The summed E-state index contributed by atoms with van der Waals surface area (Å²) in [7, 11) is 0. The lowest BCUT2D eigenvalue weighted by Gasteiger charge is -2.05. The molecule has 0 bridgehead atoms. The summed E-state index contributed by atoms with van der Waals surface area (Å²) < 4.78 is 5.34. The lowest BCUT2D eigenvalue weighted by Crippen LogP contribution is -2.03. The standard InChI is InChI=1S/C13H12O4/c1-7(14)3-9-5-10-12(16)4-8(2)17-13(10)6-11(9)15/h4-6,15H,3H2,1-2H3. The van der Waals surface area contributed by atoms with Crippen LogP contribution in [0.1, 0.15) is 18.2 Å². The Morgan fingerprint density at radius 3 is 2.71 bits per heavy atom. The number of ketones is 1. The van der Waals surface area contributed by atoms with Crippen molar-refractivity contribution < 1.29 is 14.3 Å². The number of fused-ring (bicyclic) bond motifs is 1. The number of phenols is 1. The van der Waals surface area contributed by atoms with Crippen LogP contribution in [-0.4, -0.2) is 10.9 Å². The normalized spacial score (nSPS) is 10.7. The highest BCUT2D eigenvalue weighted by atomic mass is 16.3. The molecule has 0 amide bonds. The van der Waals surface area contributed by atoms with Gasteiger partial charge < -0.3 is 9.52 Å². The topological polar surface area (TPSA) is 67.5 Å². The van der Waals surface area contributed by atoms with Crippen LogP contribution in [0.3, 0.4) is 0 Å². The smallest absolute Gasteiger partial charge is 0.192 e. The molecule has 17 heavy (non-hydrogen) atoms. The van der Waals surface area contributed by atoms with E-state index in [4.69, 9.17) is 4.42 Å². The fourth-order valence-electron chi connectivity index (χ4n) is 1.77. The van der Waals surface area contributed by atoms with Crippen LogP contribution in [-0.2, 0) is 11.2 Å². The van der Waals surface area contributed by atoms with Crippen LogP contribution in [0.25, 0.3) is 11.0 Å². The van der Waals surface area contributed by atoms with Crippen LogP contribution in [0.2, 0.25) is 0 Å². The van der Waals surface area contributed by atoms with Crippen molar-refractivity contribution in [1.29, 1.82) is 0 Å². The van der Waals surface area contributed by atoms with Gasteiger partial charge in [0.05, 0.1) is 5.39 Å². The largest absolute Gasteiger partial charge is 0.508 e. The maximum atomic E-state index is 11.7. The molecule has 4 nitrogen and oxygen atoms in total. The van der Waals surface area contributed by atoms with Gasteiger partial charge in [-0.15, -0.1) is 0 Å². The molecule has 0 saturated heterocycles. The summed E-state index contributed by atoms with van der Waals surface area (Å²) in [6.07, 6.45) is 0.106. The molecule has 1 aromatic carbocycles. The molecule has 0 aliphatic heterocycles. The lowest BCUT2D eigenvalue weighted by molar-refractivity contribution is -0.116. The minimum absolute atomic E-state index is 0.0264. The SMILES string of the molecule is CC(=O)Cc1cc2c(=O)cc(C)oc2cc1O. The monoisotopic (exact) mass is 232 g/mol. The van der Waals surface area contributed by atoms with Crippen molar-refractivity contribution in [2.24, 2.45) is 0 Å². The van der Waals surface area contributed by atoms with E-state index >= 15 is 0 Å². The van der Waals surface area contributed by atoms with Crippen LogP contribution >= 0.6 is 0 Å². The first-order valence-corrected chi connectivity index (χ1v) is 5.23. The second-order valence-electron chi connectivity index (χ2n) is 4.08. The van der Waals surface area contributed by atoms with Gasteiger partial charge in [-0.3, -0.25) is 9.59 Å². The molecule has 4 heteroatoms. The first-order valence-electron chi connectivity index (χ1n) is 5.23. The van der Waals surface area contributed by atoms with Crippen LogP contribution < -0.4 is 5.43 Å². The van der Waals surface area contributed by atoms with Gasteiger partial charge in [-0.05, 0) is 19.9 Å². The van der Waals surface area contributed by atoms with Gasteiger partial charge >= 0.3 is 0 Å². The molecule has 0 atom stereocenters. The van der Waals surface area contributed by atoms with Crippen molar-refractivity contribution >= 4 is 16.8 Å². The first-order chi connectivity index (χ1) is 7.97. The van der Waals surface area contributed by atoms with E-state index in [9.17, 15) is 14.7 Å². The Balaban J connectivity index is 2.71. The van der Waals surface area contributed by atoms with Crippen molar-refractivity contribution in [3.63, 3.8) is 0 Å². The molecular weight excluding hydrogens is 220 g/mol. The highest BCUT2D eigenvalue weighted by molar-refractivity contribution is 5.84. The van der Waals surface area contributed by atoms with Gasteiger partial charge in [0.2, 0.25) is 0 Å². The van der Waals surface area contributed by atoms with E-state index < -0.39 is 0 Å². The second-order valence-corrected chi connectivity index (χ2v) is 4.08. The van der Waals surface area contributed by atoms with Crippen molar-refractivity contribution in [1.82, 2.24) is 0 Å². The third kappa shape index (κ3) is 2.20. The fraction of sp³-hybridized carbons (Fsp3) is 0.231. The molecular formula is C13H12O4. The molecule has 0 saturated carbocycles. The van der Waals surface area contributed by atoms with Gasteiger partial charge in [0.15, 0.2) is 5.43 Å². The molecule has 88 valence electrons. The first kappa shape index (κ1) is 11.4. The van der Waals surface area contributed by atoms with Crippen LogP contribution in [0.15, 0.2) is 27.4 Å².